The maximum absolute atomic E-state index is 13.2. The zero-order valence-electron chi connectivity index (χ0n) is 12.8. The molecule has 5 nitrogen and oxygen atoms in total. The molecule has 1 aromatic carbocycles. The summed E-state index contributed by atoms with van der Waals surface area (Å²) in [7, 11) is 0. The van der Waals surface area contributed by atoms with Crippen LogP contribution in [0.2, 0.25) is 0 Å². The van der Waals surface area contributed by atoms with Gasteiger partial charge in [-0.15, -0.1) is 12.4 Å². The maximum atomic E-state index is 13.2. The van der Waals surface area contributed by atoms with Gasteiger partial charge in [0.05, 0.1) is 5.54 Å². The van der Waals surface area contributed by atoms with Gasteiger partial charge in [0.25, 0.3) is 5.91 Å². The smallest absolute Gasteiger partial charge is 0.254 e. The fourth-order valence-corrected chi connectivity index (χ4v) is 2.79. The van der Waals surface area contributed by atoms with E-state index < -0.39 is 11.4 Å². The highest BCUT2D eigenvalue weighted by Crippen LogP contribution is 2.34. The highest BCUT2D eigenvalue weighted by molar-refractivity contribution is 5.94. The Morgan fingerprint density at radius 2 is 1.74 bits per heavy atom. The van der Waals surface area contributed by atoms with Crippen molar-refractivity contribution in [2.45, 2.75) is 24.8 Å². The van der Waals surface area contributed by atoms with E-state index in [0.717, 1.165) is 12.8 Å². The predicted octanol–water partition coefficient (Wildman–Crippen LogP) is 1.41. The summed E-state index contributed by atoms with van der Waals surface area (Å²) in [5, 5.41) is 0. The summed E-state index contributed by atoms with van der Waals surface area (Å²) in [5.41, 5.74) is 5.64. The van der Waals surface area contributed by atoms with Gasteiger partial charge in [-0.25, -0.2) is 4.39 Å². The lowest BCUT2D eigenvalue weighted by molar-refractivity contribution is -0.133. The SMILES string of the molecule is Cl.NC1(C(=O)N2CCCN(C(=O)c3cccc(F)c3)CC2)CC1. The van der Waals surface area contributed by atoms with Gasteiger partial charge < -0.3 is 15.5 Å². The molecule has 1 saturated heterocycles. The van der Waals surface area contributed by atoms with Gasteiger partial charge >= 0.3 is 0 Å². The van der Waals surface area contributed by atoms with Crippen molar-refractivity contribution in [2.75, 3.05) is 26.2 Å². The summed E-state index contributed by atoms with van der Waals surface area (Å²) in [6.07, 6.45) is 2.20. The third-order valence-electron chi connectivity index (χ3n) is 4.36. The average molecular weight is 342 g/mol. The Bertz CT molecular complexity index is 607. The predicted molar refractivity (Wildman–Crippen MR) is 86.9 cm³/mol. The van der Waals surface area contributed by atoms with Gasteiger partial charge in [0.2, 0.25) is 5.91 Å². The molecule has 1 aliphatic carbocycles. The Labute approximate surface area is 141 Å². The van der Waals surface area contributed by atoms with Crippen molar-refractivity contribution < 1.29 is 14.0 Å². The number of carbonyl (C=O) groups is 2. The first kappa shape index (κ1) is 17.7. The van der Waals surface area contributed by atoms with E-state index in [-0.39, 0.29) is 24.2 Å². The van der Waals surface area contributed by atoms with E-state index in [1.807, 2.05) is 0 Å². The summed E-state index contributed by atoms with van der Waals surface area (Å²) >= 11 is 0. The minimum atomic E-state index is -0.665. The number of rotatable bonds is 2. The normalized spacial score (nSPS) is 19.6. The van der Waals surface area contributed by atoms with Crippen LogP contribution in [0.5, 0.6) is 0 Å². The molecule has 2 N–H and O–H groups in total. The molecule has 2 amide bonds. The van der Waals surface area contributed by atoms with Gasteiger partial charge in [-0.3, -0.25) is 9.59 Å². The van der Waals surface area contributed by atoms with E-state index >= 15 is 0 Å². The van der Waals surface area contributed by atoms with E-state index in [0.29, 0.717) is 38.2 Å². The number of hydrogen-bond donors (Lipinski definition) is 1. The van der Waals surface area contributed by atoms with Crippen LogP contribution in [0.3, 0.4) is 0 Å². The van der Waals surface area contributed by atoms with Gasteiger partial charge in [-0.05, 0) is 37.5 Å². The molecule has 126 valence electrons. The van der Waals surface area contributed by atoms with Gasteiger partial charge in [0.1, 0.15) is 5.82 Å². The molecule has 1 aromatic rings. The number of halogens is 2. The molecule has 23 heavy (non-hydrogen) atoms. The van der Waals surface area contributed by atoms with Gasteiger partial charge in [-0.2, -0.15) is 0 Å². The van der Waals surface area contributed by atoms with Crippen LogP contribution in [0.4, 0.5) is 4.39 Å². The molecule has 0 aromatic heterocycles. The quantitative estimate of drug-likeness (QED) is 0.884. The zero-order chi connectivity index (χ0) is 15.7. The summed E-state index contributed by atoms with van der Waals surface area (Å²) in [5.74, 6) is -0.619. The molecule has 3 rings (SSSR count). The molecule has 0 atom stereocenters. The number of nitrogens with zero attached hydrogens (tertiary/aromatic N) is 2. The molecule has 7 heteroatoms. The van der Waals surface area contributed by atoms with Crippen LogP contribution >= 0.6 is 12.4 Å². The number of benzene rings is 1. The fraction of sp³-hybridized carbons (Fsp3) is 0.500. The molecule has 1 saturated carbocycles. The second kappa shape index (κ2) is 6.84. The lowest BCUT2D eigenvalue weighted by Gasteiger charge is -2.24. The first-order valence-corrected chi connectivity index (χ1v) is 7.63. The minimum Gasteiger partial charge on any atom is -0.339 e. The van der Waals surface area contributed by atoms with Crippen molar-refractivity contribution in [3.63, 3.8) is 0 Å². The van der Waals surface area contributed by atoms with E-state index in [1.54, 1.807) is 15.9 Å². The topological polar surface area (TPSA) is 66.6 Å². The molecular formula is C16H21ClFN3O2. The highest BCUT2D eigenvalue weighted by Gasteiger charge is 2.48. The molecule has 0 radical (unpaired) electrons. The van der Waals surface area contributed by atoms with Crippen molar-refractivity contribution >= 4 is 24.2 Å². The van der Waals surface area contributed by atoms with Gasteiger partial charge in [-0.1, -0.05) is 6.07 Å². The molecule has 0 spiro atoms. The Morgan fingerprint density at radius 3 is 2.39 bits per heavy atom. The molecule has 0 unspecified atom stereocenters. The zero-order valence-corrected chi connectivity index (χ0v) is 13.7. The molecule has 1 aliphatic heterocycles. The van der Waals surface area contributed by atoms with Crippen molar-refractivity contribution in [3.05, 3.63) is 35.6 Å². The van der Waals surface area contributed by atoms with Crippen LogP contribution in [0.1, 0.15) is 29.6 Å². The summed E-state index contributed by atoms with van der Waals surface area (Å²) in [4.78, 5) is 28.1. The Balaban J connectivity index is 0.00000192. The Morgan fingerprint density at radius 1 is 1.09 bits per heavy atom. The second-order valence-electron chi connectivity index (χ2n) is 6.10. The van der Waals surface area contributed by atoms with Crippen molar-refractivity contribution in [2.24, 2.45) is 5.73 Å². The molecule has 0 bridgehead atoms. The largest absolute Gasteiger partial charge is 0.339 e. The minimum absolute atomic E-state index is 0. The highest BCUT2D eigenvalue weighted by atomic mass is 35.5. The van der Waals surface area contributed by atoms with E-state index in [9.17, 15) is 14.0 Å². The third-order valence-corrected chi connectivity index (χ3v) is 4.36. The summed E-state index contributed by atoms with van der Waals surface area (Å²) in [6.45, 7) is 2.12. The first-order chi connectivity index (χ1) is 10.5. The molecule has 1 heterocycles. The third kappa shape index (κ3) is 3.82. The molecule has 2 aliphatic rings. The van der Waals surface area contributed by atoms with Crippen LogP contribution in [0.15, 0.2) is 24.3 Å². The lowest BCUT2D eigenvalue weighted by atomic mass is 10.2. The maximum Gasteiger partial charge on any atom is 0.254 e. The van der Waals surface area contributed by atoms with E-state index in [1.165, 1.54) is 18.2 Å². The number of amides is 2. The van der Waals surface area contributed by atoms with Crippen LogP contribution in [0.25, 0.3) is 0 Å². The summed E-state index contributed by atoms with van der Waals surface area (Å²) in [6, 6.07) is 5.70. The van der Waals surface area contributed by atoms with Crippen LogP contribution in [-0.2, 0) is 4.79 Å². The number of nitrogens with two attached hydrogens (primary N) is 1. The standard InChI is InChI=1S/C16H20FN3O2.ClH/c17-13-4-1-3-12(11-13)14(21)19-7-2-8-20(10-9-19)15(22)16(18)5-6-16;/h1,3-4,11H,2,5-10,18H2;1H. The van der Waals surface area contributed by atoms with Crippen LogP contribution in [-0.4, -0.2) is 53.3 Å². The average Bonchev–Trinajstić information content (AvgIpc) is 3.29. The van der Waals surface area contributed by atoms with E-state index in [2.05, 4.69) is 0 Å². The summed E-state index contributed by atoms with van der Waals surface area (Å²) < 4.78 is 13.2. The van der Waals surface area contributed by atoms with Gasteiger partial charge in [0.15, 0.2) is 0 Å². The number of carbonyl (C=O) groups excluding carboxylic acids is 2. The number of hydrogen-bond acceptors (Lipinski definition) is 3. The lowest BCUT2D eigenvalue weighted by Crippen LogP contribution is -2.47. The molecular weight excluding hydrogens is 321 g/mol. The monoisotopic (exact) mass is 341 g/mol. The van der Waals surface area contributed by atoms with Crippen molar-refractivity contribution in [1.29, 1.82) is 0 Å². The fourth-order valence-electron chi connectivity index (χ4n) is 2.79. The molecule has 2 fully saturated rings. The van der Waals surface area contributed by atoms with Crippen molar-refractivity contribution in [3.8, 4) is 0 Å². The van der Waals surface area contributed by atoms with Crippen LogP contribution < -0.4 is 5.73 Å². The Hall–Kier alpha value is -1.66. The van der Waals surface area contributed by atoms with Crippen molar-refractivity contribution in [1.82, 2.24) is 9.80 Å². The van der Waals surface area contributed by atoms with E-state index in [4.69, 9.17) is 5.73 Å². The first-order valence-electron chi connectivity index (χ1n) is 7.63. The second-order valence-corrected chi connectivity index (χ2v) is 6.10. The van der Waals surface area contributed by atoms with Gasteiger partial charge in [0, 0.05) is 31.7 Å². The van der Waals surface area contributed by atoms with Crippen LogP contribution in [0, 0.1) is 5.82 Å². The Kier molecular flexibility index (Phi) is 5.26.